The molecular weight excluding hydrogens is 417 g/mol. The van der Waals surface area contributed by atoms with Gasteiger partial charge in [0, 0.05) is 68.8 Å². The number of likely N-dealkylation sites (N-methyl/N-ethyl adjacent to an activating group) is 1. The highest BCUT2D eigenvalue weighted by atomic mass is 19.1. The highest BCUT2D eigenvalue weighted by molar-refractivity contribution is 5.80. The lowest BCUT2D eigenvalue weighted by Crippen LogP contribution is -2.49. The number of nitrogens with one attached hydrogen (secondary N) is 1. The predicted molar refractivity (Wildman–Crippen MR) is 134 cm³/mol. The fraction of sp³-hybridized carbons (Fsp3) is 0.593. The second kappa shape index (κ2) is 13.0. The molecule has 1 aliphatic carbocycles. The minimum Gasteiger partial charge on any atom is -0.508 e. The Morgan fingerprint density at radius 2 is 1.82 bits per heavy atom. The minimum absolute atomic E-state index is 0.207. The summed E-state index contributed by atoms with van der Waals surface area (Å²) in [4.78, 5) is 16.6. The molecule has 1 saturated heterocycles. The van der Waals surface area contributed by atoms with Crippen molar-refractivity contribution in [3.8, 4) is 5.75 Å². The summed E-state index contributed by atoms with van der Waals surface area (Å²) < 4.78 is 14.5. The SMILES string of the molecule is C/C=C\C(=C(/C)F)C1(NCc2ccc(O)c(CN3CCN(C)CC3)c2)CCC(=O)CC1.CC. The summed E-state index contributed by atoms with van der Waals surface area (Å²) in [7, 11) is 2.13. The topological polar surface area (TPSA) is 55.8 Å². The van der Waals surface area contributed by atoms with Crippen LogP contribution in [0.25, 0.3) is 0 Å². The number of halogens is 1. The van der Waals surface area contributed by atoms with E-state index < -0.39 is 5.54 Å². The van der Waals surface area contributed by atoms with Crippen LogP contribution < -0.4 is 5.32 Å². The maximum Gasteiger partial charge on any atom is 0.133 e. The first-order valence-corrected chi connectivity index (χ1v) is 12.3. The molecule has 0 aromatic heterocycles. The Labute approximate surface area is 199 Å². The Bertz CT molecular complexity index is 828. The average molecular weight is 460 g/mol. The summed E-state index contributed by atoms with van der Waals surface area (Å²) in [5.41, 5.74) is 2.06. The normalized spacial score (nSPS) is 20.4. The molecule has 0 bridgehead atoms. The maximum absolute atomic E-state index is 14.5. The Morgan fingerprint density at radius 1 is 1.18 bits per heavy atom. The lowest BCUT2D eigenvalue weighted by Gasteiger charge is -2.39. The molecule has 2 aliphatic rings. The van der Waals surface area contributed by atoms with E-state index in [1.807, 2.05) is 45.1 Å². The third-order valence-corrected chi connectivity index (χ3v) is 6.65. The van der Waals surface area contributed by atoms with Gasteiger partial charge in [-0.05, 0) is 51.4 Å². The van der Waals surface area contributed by atoms with Crippen molar-refractivity contribution < 1.29 is 14.3 Å². The van der Waals surface area contributed by atoms with E-state index in [1.54, 1.807) is 6.07 Å². The summed E-state index contributed by atoms with van der Waals surface area (Å²) >= 11 is 0. The molecule has 0 radical (unpaired) electrons. The molecule has 6 heteroatoms. The molecule has 0 spiro atoms. The van der Waals surface area contributed by atoms with Gasteiger partial charge in [-0.1, -0.05) is 32.1 Å². The summed E-state index contributed by atoms with van der Waals surface area (Å²) in [5, 5.41) is 14.0. The lowest BCUT2D eigenvalue weighted by atomic mass is 9.75. The summed E-state index contributed by atoms with van der Waals surface area (Å²) in [6.45, 7) is 12.7. The molecular formula is C27H42FN3O2. The van der Waals surface area contributed by atoms with E-state index in [-0.39, 0.29) is 11.6 Å². The van der Waals surface area contributed by atoms with Gasteiger partial charge in [0.2, 0.25) is 0 Å². The number of carbonyl (C=O) groups excluding carboxylic acids is 1. The molecule has 1 aromatic rings. The zero-order valence-electron chi connectivity index (χ0n) is 21.1. The van der Waals surface area contributed by atoms with E-state index in [4.69, 9.17) is 0 Å². The molecule has 33 heavy (non-hydrogen) atoms. The minimum atomic E-state index is -0.547. The van der Waals surface area contributed by atoms with Crippen LogP contribution in [-0.2, 0) is 17.9 Å². The van der Waals surface area contributed by atoms with E-state index >= 15 is 0 Å². The highest BCUT2D eigenvalue weighted by Gasteiger charge is 2.38. The molecule has 1 aromatic carbocycles. The van der Waals surface area contributed by atoms with E-state index in [0.717, 1.165) is 43.9 Å². The fourth-order valence-corrected chi connectivity index (χ4v) is 4.66. The zero-order chi connectivity index (χ0) is 24.4. The first kappa shape index (κ1) is 27.2. The van der Waals surface area contributed by atoms with E-state index in [0.29, 0.717) is 43.6 Å². The highest BCUT2D eigenvalue weighted by Crippen LogP contribution is 2.36. The number of rotatable bonds is 7. The van der Waals surface area contributed by atoms with E-state index in [2.05, 4.69) is 22.2 Å². The third kappa shape index (κ3) is 7.49. The van der Waals surface area contributed by atoms with Crippen LogP contribution in [-0.4, -0.2) is 59.5 Å². The molecule has 1 heterocycles. The van der Waals surface area contributed by atoms with Gasteiger partial charge in [-0.15, -0.1) is 0 Å². The van der Waals surface area contributed by atoms with Crippen LogP contribution in [0.4, 0.5) is 4.39 Å². The molecule has 1 aliphatic heterocycles. The van der Waals surface area contributed by atoms with Crippen molar-refractivity contribution in [2.24, 2.45) is 0 Å². The Balaban J connectivity index is 0.00000187. The van der Waals surface area contributed by atoms with Crippen LogP contribution in [0.15, 0.2) is 41.8 Å². The van der Waals surface area contributed by atoms with Crippen LogP contribution in [0.5, 0.6) is 5.75 Å². The monoisotopic (exact) mass is 459 g/mol. The number of Topliss-reactive ketones (excluding diaryl/α,β-unsaturated/α-hetero) is 1. The summed E-state index contributed by atoms with van der Waals surface area (Å²) in [5.74, 6) is 0.351. The van der Waals surface area contributed by atoms with Crippen molar-refractivity contribution in [2.75, 3.05) is 33.2 Å². The van der Waals surface area contributed by atoms with Crippen molar-refractivity contribution in [1.29, 1.82) is 0 Å². The lowest BCUT2D eigenvalue weighted by molar-refractivity contribution is -0.121. The summed E-state index contributed by atoms with van der Waals surface area (Å²) in [6.07, 6.45) is 5.80. The van der Waals surface area contributed by atoms with Crippen LogP contribution in [0, 0.1) is 0 Å². The standard InChI is InChI=1S/C25H36FN3O2.C2H6/c1-4-5-23(19(2)26)25(10-8-22(30)9-11-25)27-17-20-6-7-24(31)21(16-20)18-29-14-12-28(3)13-15-29;1-2/h4-7,16,27,31H,8-15,17-18H2,1-3H3;1-2H3/b5-4-,23-19-;. The number of aromatic hydroxyl groups is 1. The Hall–Kier alpha value is -2.02. The Morgan fingerprint density at radius 3 is 2.39 bits per heavy atom. The van der Waals surface area contributed by atoms with Gasteiger partial charge < -0.3 is 15.3 Å². The van der Waals surface area contributed by atoms with Crippen LogP contribution in [0.3, 0.4) is 0 Å². The van der Waals surface area contributed by atoms with Gasteiger partial charge in [0.15, 0.2) is 0 Å². The van der Waals surface area contributed by atoms with Crippen molar-refractivity contribution in [3.63, 3.8) is 0 Å². The maximum atomic E-state index is 14.5. The second-order valence-corrected chi connectivity index (χ2v) is 8.96. The van der Waals surface area contributed by atoms with Gasteiger partial charge in [-0.3, -0.25) is 9.69 Å². The van der Waals surface area contributed by atoms with Crippen LogP contribution in [0.1, 0.15) is 64.5 Å². The van der Waals surface area contributed by atoms with Gasteiger partial charge in [-0.2, -0.15) is 0 Å². The number of hydrogen-bond acceptors (Lipinski definition) is 5. The molecule has 0 unspecified atom stereocenters. The number of carbonyl (C=O) groups is 1. The van der Waals surface area contributed by atoms with Crippen molar-refractivity contribution in [2.45, 2.75) is 72.0 Å². The number of ketones is 1. The zero-order valence-corrected chi connectivity index (χ0v) is 21.1. The number of piperazine rings is 1. The van der Waals surface area contributed by atoms with Gasteiger partial charge in [0.05, 0.1) is 0 Å². The van der Waals surface area contributed by atoms with Crippen LogP contribution >= 0.6 is 0 Å². The number of nitrogens with zero attached hydrogens (tertiary/aromatic N) is 2. The quantitative estimate of drug-likeness (QED) is 0.565. The smallest absolute Gasteiger partial charge is 0.133 e. The molecule has 2 N–H and O–H groups in total. The predicted octanol–water partition coefficient (Wildman–Crippen LogP) is 4.96. The summed E-state index contributed by atoms with van der Waals surface area (Å²) in [6, 6.07) is 5.71. The third-order valence-electron chi connectivity index (χ3n) is 6.65. The molecule has 0 atom stereocenters. The fourth-order valence-electron chi connectivity index (χ4n) is 4.66. The second-order valence-electron chi connectivity index (χ2n) is 8.96. The number of phenols is 1. The molecule has 2 fully saturated rings. The number of phenolic OH excluding ortho intramolecular Hbond substituents is 1. The van der Waals surface area contributed by atoms with Crippen LogP contribution in [0.2, 0.25) is 0 Å². The average Bonchev–Trinajstić information content (AvgIpc) is 2.82. The van der Waals surface area contributed by atoms with E-state index in [9.17, 15) is 14.3 Å². The number of benzene rings is 1. The van der Waals surface area contributed by atoms with Gasteiger partial charge >= 0.3 is 0 Å². The van der Waals surface area contributed by atoms with Gasteiger partial charge in [0.25, 0.3) is 0 Å². The molecule has 0 amide bonds. The van der Waals surface area contributed by atoms with Crippen molar-refractivity contribution in [3.05, 3.63) is 52.9 Å². The van der Waals surface area contributed by atoms with Gasteiger partial charge in [0.1, 0.15) is 17.4 Å². The van der Waals surface area contributed by atoms with Crippen molar-refractivity contribution >= 4 is 5.78 Å². The first-order chi connectivity index (χ1) is 15.8. The van der Waals surface area contributed by atoms with E-state index in [1.165, 1.54) is 6.92 Å². The molecule has 184 valence electrons. The number of hydrogen-bond donors (Lipinski definition) is 2. The van der Waals surface area contributed by atoms with Gasteiger partial charge in [-0.25, -0.2) is 4.39 Å². The largest absolute Gasteiger partial charge is 0.508 e. The first-order valence-electron chi connectivity index (χ1n) is 12.3. The molecule has 1 saturated carbocycles. The Kier molecular flexibility index (Phi) is 10.7. The van der Waals surface area contributed by atoms with Crippen molar-refractivity contribution in [1.82, 2.24) is 15.1 Å². The molecule has 3 rings (SSSR count). The number of allylic oxidation sites excluding steroid dienone is 2. The molecule has 5 nitrogen and oxygen atoms in total.